The van der Waals surface area contributed by atoms with E-state index in [0.29, 0.717) is 11.4 Å². The third kappa shape index (κ3) is 6.39. The molecule has 0 aliphatic heterocycles. The van der Waals surface area contributed by atoms with E-state index < -0.39 is 29.8 Å². The van der Waals surface area contributed by atoms with Crippen LogP contribution >= 0.6 is 0 Å². The quantitative estimate of drug-likeness (QED) is 0.246. The van der Waals surface area contributed by atoms with E-state index in [-0.39, 0.29) is 22.8 Å². The van der Waals surface area contributed by atoms with Gasteiger partial charge in [-0.2, -0.15) is 18.3 Å². The van der Waals surface area contributed by atoms with Gasteiger partial charge in [-0.05, 0) is 48.5 Å². The number of carbonyl (C=O) groups is 3. The van der Waals surface area contributed by atoms with Gasteiger partial charge in [-0.1, -0.05) is 0 Å². The fourth-order valence-electron chi connectivity index (χ4n) is 3.14. The lowest BCUT2D eigenvalue weighted by Gasteiger charge is -2.15. The van der Waals surface area contributed by atoms with Crippen LogP contribution in [0.25, 0.3) is 5.69 Å². The lowest BCUT2D eigenvalue weighted by Crippen LogP contribution is -2.20. The Morgan fingerprint density at radius 1 is 0.921 bits per heavy atom. The first-order valence-corrected chi connectivity index (χ1v) is 10.5. The van der Waals surface area contributed by atoms with Crippen molar-refractivity contribution in [1.82, 2.24) is 19.7 Å². The van der Waals surface area contributed by atoms with Gasteiger partial charge >= 0.3 is 24.3 Å². The van der Waals surface area contributed by atoms with Crippen molar-refractivity contribution < 1.29 is 37.0 Å². The lowest BCUT2D eigenvalue weighted by molar-refractivity contribution is -0.137. The molecular formula is C23H16F3N7O5. The number of aromatic nitrogens is 4. The molecule has 3 amide bonds. The molecule has 2 aromatic carbocycles. The van der Waals surface area contributed by atoms with Gasteiger partial charge in [0.1, 0.15) is 24.2 Å². The second-order valence-electron chi connectivity index (χ2n) is 7.36. The third-order valence-electron chi connectivity index (χ3n) is 4.71. The molecule has 2 heterocycles. The highest BCUT2D eigenvalue weighted by molar-refractivity contribution is 6.00. The molecule has 38 heavy (non-hydrogen) atoms. The highest BCUT2D eigenvalue weighted by Gasteiger charge is 2.34. The molecule has 0 atom stereocenters. The number of rotatable bonds is 6. The van der Waals surface area contributed by atoms with E-state index in [9.17, 15) is 27.6 Å². The minimum Gasteiger partial charge on any atom is -0.457 e. The first kappa shape index (κ1) is 25.6. The molecule has 4 aromatic rings. The topological polar surface area (TPSA) is 163 Å². The number of benzene rings is 2. The van der Waals surface area contributed by atoms with E-state index in [0.717, 1.165) is 29.5 Å². The number of carbonyl (C=O) groups excluding carboxylic acids is 3. The Hall–Kier alpha value is -5.47. The SMILES string of the molecule is NC(=O)OC(=O)c1cc(Oc2ccc(NC(=O)Nc3ccc(-n4cncn4)c(C(F)(F)F)c3)cc2)ccn1. The van der Waals surface area contributed by atoms with Crippen molar-refractivity contribution in [3.05, 3.63) is 84.7 Å². The lowest BCUT2D eigenvalue weighted by atomic mass is 10.1. The highest BCUT2D eigenvalue weighted by Crippen LogP contribution is 2.35. The van der Waals surface area contributed by atoms with Gasteiger partial charge in [0.05, 0.1) is 11.3 Å². The van der Waals surface area contributed by atoms with Gasteiger partial charge in [0.25, 0.3) is 0 Å². The summed E-state index contributed by atoms with van der Waals surface area (Å²) in [5.41, 5.74) is 3.56. The van der Waals surface area contributed by atoms with Gasteiger partial charge < -0.3 is 25.8 Å². The fourth-order valence-corrected chi connectivity index (χ4v) is 3.14. The molecule has 0 aliphatic rings. The van der Waals surface area contributed by atoms with Crippen LogP contribution in [-0.4, -0.2) is 37.8 Å². The van der Waals surface area contributed by atoms with Crippen LogP contribution in [0.1, 0.15) is 16.1 Å². The second-order valence-corrected chi connectivity index (χ2v) is 7.36. The maximum absolute atomic E-state index is 13.6. The van der Waals surface area contributed by atoms with Crippen LogP contribution < -0.4 is 21.1 Å². The average molecular weight is 527 g/mol. The van der Waals surface area contributed by atoms with Crippen molar-refractivity contribution in [3.63, 3.8) is 0 Å². The van der Waals surface area contributed by atoms with Crippen molar-refractivity contribution in [2.75, 3.05) is 10.6 Å². The number of halogens is 3. The van der Waals surface area contributed by atoms with Crippen molar-refractivity contribution in [1.29, 1.82) is 0 Å². The number of hydrogen-bond donors (Lipinski definition) is 3. The van der Waals surface area contributed by atoms with Crippen LogP contribution in [0.3, 0.4) is 0 Å². The molecule has 12 nitrogen and oxygen atoms in total. The van der Waals surface area contributed by atoms with Crippen molar-refractivity contribution in [3.8, 4) is 17.2 Å². The van der Waals surface area contributed by atoms with E-state index in [1.165, 1.54) is 48.7 Å². The van der Waals surface area contributed by atoms with Gasteiger partial charge in [0.15, 0.2) is 5.69 Å². The monoisotopic (exact) mass is 527 g/mol. The zero-order valence-corrected chi connectivity index (χ0v) is 19.0. The highest BCUT2D eigenvalue weighted by atomic mass is 19.4. The summed E-state index contributed by atoms with van der Waals surface area (Å²) in [5, 5.41) is 8.56. The van der Waals surface area contributed by atoms with E-state index in [2.05, 4.69) is 30.4 Å². The number of nitrogens with two attached hydrogens (primary N) is 1. The average Bonchev–Trinajstić information content (AvgIpc) is 3.39. The summed E-state index contributed by atoms with van der Waals surface area (Å²) in [6.07, 6.45) is -2.49. The Bertz CT molecular complexity index is 1480. The molecule has 0 radical (unpaired) electrons. The predicted octanol–water partition coefficient (Wildman–Crippen LogP) is 4.35. The van der Waals surface area contributed by atoms with Gasteiger partial charge in [0.2, 0.25) is 0 Å². The molecule has 15 heteroatoms. The molecule has 0 unspecified atom stereocenters. The first-order valence-electron chi connectivity index (χ1n) is 10.5. The zero-order valence-electron chi connectivity index (χ0n) is 19.0. The van der Waals surface area contributed by atoms with Crippen LogP contribution in [-0.2, 0) is 10.9 Å². The maximum Gasteiger partial charge on any atom is 0.418 e. The minimum atomic E-state index is -4.71. The number of primary amides is 1. The number of urea groups is 1. The molecule has 0 aliphatic carbocycles. The van der Waals surface area contributed by atoms with Crippen LogP contribution in [0.5, 0.6) is 11.5 Å². The van der Waals surface area contributed by atoms with Crippen LogP contribution in [0.2, 0.25) is 0 Å². The summed E-state index contributed by atoms with van der Waals surface area (Å²) < 4.78 is 51.5. The molecule has 0 saturated heterocycles. The van der Waals surface area contributed by atoms with Crippen molar-refractivity contribution >= 4 is 29.5 Å². The number of esters is 1. The standard InChI is InChI=1S/C23H16F3N7O5/c24-23(25,26)17-9-14(3-6-19(17)33-12-28-11-30-33)32-22(36)31-13-1-4-15(5-2-13)37-16-7-8-29-18(10-16)20(34)38-21(27)35/h1-12H,(H2,27,35)(H2,31,32,36). The summed E-state index contributed by atoms with van der Waals surface area (Å²) in [6.45, 7) is 0. The second kappa shape index (κ2) is 10.7. The van der Waals surface area contributed by atoms with Gasteiger partial charge in [0, 0.05) is 23.6 Å². The third-order valence-corrected chi connectivity index (χ3v) is 4.71. The van der Waals surface area contributed by atoms with Crippen LogP contribution in [0.4, 0.5) is 34.1 Å². The summed E-state index contributed by atoms with van der Waals surface area (Å²) in [5.74, 6) is -0.538. The maximum atomic E-state index is 13.6. The minimum absolute atomic E-state index is 0.0954. The number of anilines is 2. The Morgan fingerprint density at radius 2 is 1.63 bits per heavy atom. The molecule has 0 fully saturated rings. The number of amides is 3. The van der Waals surface area contributed by atoms with E-state index >= 15 is 0 Å². The number of ether oxygens (including phenoxy) is 2. The molecule has 0 spiro atoms. The Balaban J connectivity index is 1.40. The molecule has 0 bridgehead atoms. The van der Waals surface area contributed by atoms with Gasteiger partial charge in [-0.25, -0.2) is 29.0 Å². The zero-order chi connectivity index (χ0) is 27.3. The van der Waals surface area contributed by atoms with Gasteiger partial charge in [-0.3, -0.25) is 0 Å². The van der Waals surface area contributed by atoms with E-state index in [1.807, 2.05) is 0 Å². The molecular weight excluding hydrogens is 511 g/mol. The Morgan fingerprint density at radius 3 is 2.29 bits per heavy atom. The number of alkyl halides is 3. The number of nitrogens with zero attached hydrogens (tertiary/aromatic N) is 4. The molecule has 194 valence electrons. The largest absolute Gasteiger partial charge is 0.457 e. The van der Waals surface area contributed by atoms with Crippen molar-refractivity contribution in [2.24, 2.45) is 5.73 Å². The summed E-state index contributed by atoms with van der Waals surface area (Å²) in [6, 6.07) is 11.1. The first-order chi connectivity index (χ1) is 18.1. The smallest absolute Gasteiger partial charge is 0.418 e. The molecule has 2 aromatic heterocycles. The Labute approximate surface area is 211 Å². The van der Waals surface area contributed by atoms with Crippen LogP contribution in [0.15, 0.2) is 73.4 Å². The summed E-state index contributed by atoms with van der Waals surface area (Å²) >= 11 is 0. The summed E-state index contributed by atoms with van der Waals surface area (Å²) in [7, 11) is 0. The summed E-state index contributed by atoms with van der Waals surface area (Å²) in [4.78, 5) is 42.2. The number of nitrogens with one attached hydrogen (secondary N) is 2. The fraction of sp³-hybridized carbons (Fsp3) is 0.0435. The number of hydrogen-bond acceptors (Lipinski definition) is 8. The normalized spacial score (nSPS) is 10.9. The molecule has 0 saturated carbocycles. The Kier molecular flexibility index (Phi) is 7.18. The van der Waals surface area contributed by atoms with Gasteiger partial charge in [-0.15, -0.1) is 0 Å². The van der Waals surface area contributed by atoms with Crippen molar-refractivity contribution in [2.45, 2.75) is 6.18 Å². The van der Waals surface area contributed by atoms with E-state index in [4.69, 9.17) is 10.5 Å². The van der Waals surface area contributed by atoms with Crippen LogP contribution in [0, 0.1) is 0 Å². The molecule has 4 N–H and O–H groups in total. The molecule has 4 rings (SSSR count). The van der Waals surface area contributed by atoms with E-state index in [1.54, 1.807) is 0 Å². The predicted molar refractivity (Wildman–Crippen MR) is 125 cm³/mol. The number of pyridine rings is 1.